The molecule has 3 fully saturated rings. The minimum atomic E-state index is -0.894. The van der Waals surface area contributed by atoms with Gasteiger partial charge in [0.05, 0.1) is 0 Å². The van der Waals surface area contributed by atoms with E-state index in [4.69, 9.17) is 0 Å². The van der Waals surface area contributed by atoms with Crippen LogP contribution in [-0.2, 0) is 9.59 Å². The van der Waals surface area contributed by atoms with Crippen LogP contribution < -0.4 is 0 Å². The number of amides is 3. The average molecular weight is 439 g/mol. The van der Waals surface area contributed by atoms with Crippen molar-refractivity contribution >= 4 is 17.7 Å². The SMILES string of the molecule is Cc1ccc(C(=O)N2CC(=O)N(C3CCCCC3)C(=O)C23CCC(C(C)(C)C)CC3)cc1. The number of aryl methyl sites for hydroxylation is 1. The standard InChI is InChI=1S/C27H38N2O3/c1-19-10-12-20(13-11-19)24(31)28-18-23(30)29(22-8-6-5-7-9-22)25(32)27(28)16-14-21(15-17-27)26(2,3)4/h10-13,21-22H,5-9,14-18H2,1-4H3. The summed E-state index contributed by atoms with van der Waals surface area (Å²) in [4.78, 5) is 44.2. The van der Waals surface area contributed by atoms with Crippen molar-refractivity contribution < 1.29 is 14.4 Å². The van der Waals surface area contributed by atoms with Crippen molar-refractivity contribution in [1.82, 2.24) is 9.80 Å². The van der Waals surface area contributed by atoms with E-state index in [2.05, 4.69) is 20.8 Å². The fraction of sp³-hybridized carbons (Fsp3) is 0.667. The summed E-state index contributed by atoms with van der Waals surface area (Å²) in [5.74, 6) is 0.00150. The first-order chi connectivity index (χ1) is 15.1. The summed E-state index contributed by atoms with van der Waals surface area (Å²) in [6.45, 7) is 8.76. The first-order valence-corrected chi connectivity index (χ1v) is 12.4. The van der Waals surface area contributed by atoms with E-state index in [1.54, 1.807) is 9.80 Å². The Labute approximate surface area is 192 Å². The first kappa shape index (κ1) is 23.0. The molecule has 0 unspecified atom stereocenters. The molecule has 1 saturated heterocycles. The Kier molecular flexibility index (Phi) is 6.21. The van der Waals surface area contributed by atoms with Crippen LogP contribution in [0, 0.1) is 18.3 Å². The maximum atomic E-state index is 14.1. The number of benzene rings is 1. The van der Waals surface area contributed by atoms with Crippen LogP contribution in [0.4, 0.5) is 0 Å². The van der Waals surface area contributed by atoms with E-state index in [1.165, 1.54) is 6.42 Å². The molecule has 5 heteroatoms. The molecule has 3 aliphatic rings. The summed E-state index contributed by atoms with van der Waals surface area (Å²) in [6.07, 6.45) is 8.17. The maximum absolute atomic E-state index is 14.1. The third-order valence-electron chi connectivity index (χ3n) is 8.22. The zero-order valence-electron chi connectivity index (χ0n) is 20.2. The van der Waals surface area contributed by atoms with Crippen molar-refractivity contribution in [2.75, 3.05) is 6.54 Å². The fourth-order valence-electron chi connectivity index (χ4n) is 6.09. The molecular formula is C27H38N2O3. The number of carbonyl (C=O) groups excluding carboxylic acids is 3. The Morgan fingerprint density at radius 2 is 1.53 bits per heavy atom. The van der Waals surface area contributed by atoms with Gasteiger partial charge >= 0.3 is 0 Å². The second-order valence-electron chi connectivity index (χ2n) is 11.3. The van der Waals surface area contributed by atoms with E-state index in [1.807, 2.05) is 31.2 Å². The van der Waals surface area contributed by atoms with Crippen LogP contribution in [-0.4, -0.2) is 45.6 Å². The largest absolute Gasteiger partial charge is 0.315 e. The number of carbonyl (C=O) groups is 3. The van der Waals surface area contributed by atoms with Gasteiger partial charge in [0, 0.05) is 11.6 Å². The molecule has 0 aromatic heterocycles. The summed E-state index contributed by atoms with van der Waals surface area (Å²) < 4.78 is 0. The second kappa shape index (κ2) is 8.64. The van der Waals surface area contributed by atoms with E-state index < -0.39 is 5.54 Å². The third-order valence-corrected chi connectivity index (χ3v) is 8.22. The smallest absolute Gasteiger partial charge is 0.255 e. The topological polar surface area (TPSA) is 57.7 Å². The van der Waals surface area contributed by atoms with E-state index in [0.717, 1.165) is 44.1 Å². The maximum Gasteiger partial charge on any atom is 0.255 e. The lowest BCUT2D eigenvalue weighted by molar-refractivity contribution is -0.168. The fourth-order valence-corrected chi connectivity index (χ4v) is 6.09. The number of hydrogen-bond acceptors (Lipinski definition) is 3. The molecule has 0 atom stereocenters. The van der Waals surface area contributed by atoms with Crippen molar-refractivity contribution in [3.8, 4) is 0 Å². The first-order valence-electron chi connectivity index (χ1n) is 12.4. The zero-order valence-corrected chi connectivity index (χ0v) is 20.2. The van der Waals surface area contributed by atoms with E-state index in [0.29, 0.717) is 24.3 Å². The molecule has 1 aliphatic heterocycles. The lowest BCUT2D eigenvalue weighted by atomic mass is 9.65. The van der Waals surface area contributed by atoms with Gasteiger partial charge in [-0.2, -0.15) is 0 Å². The van der Waals surface area contributed by atoms with Crippen molar-refractivity contribution in [1.29, 1.82) is 0 Å². The number of rotatable bonds is 2. The Bertz CT molecular complexity index is 869. The summed E-state index contributed by atoms with van der Waals surface area (Å²) >= 11 is 0. The molecule has 0 N–H and O–H groups in total. The van der Waals surface area contributed by atoms with Gasteiger partial charge in [0.2, 0.25) is 5.91 Å². The molecule has 32 heavy (non-hydrogen) atoms. The summed E-state index contributed by atoms with van der Waals surface area (Å²) in [5, 5.41) is 0. The van der Waals surface area contributed by atoms with Crippen LogP contribution in [0.3, 0.4) is 0 Å². The number of nitrogens with zero attached hydrogens (tertiary/aromatic N) is 2. The quantitative estimate of drug-likeness (QED) is 0.603. The molecule has 1 heterocycles. The van der Waals surface area contributed by atoms with Gasteiger partial charge in [0.1, 0.15) is 12.1 Å². The number of hydrogen-bond donors (Lipinski definition) is 0. The molecule has 2 saturated carbocycles. The molecule has 2 aliphatic carbocycles. The lowest BCUT2D eigenvalue weighted by Crippen LogP contribution is -2.71. The molecule has 1 spiro atoms. The molecule has 0 radical (unpaired) electrons. The van der Waals surface area contributed by atoms with Gasteiger partial charge < -0.3 is 4.90 Å². The van der Waals surface area contributed by atoms with Crippen LogP contribution in [0.15, 0.2) is 24.3 Å². The molecular weight excluding hydrogens is 400 g/mol. The lowest BCUT2D eigenvalue weighted by Gasteiger charge is -2.54. The average Bonchev–Trinajstić information content (AvgIpc) is 2.77. The van der Waals surface area contributed by atoms with Crippen molar-refractivity contribution in [2.45, 2.75) is 97.1 Å². The van der Waals surface area contributed by atoms with Crippen LogP contribution in [0.1, 0.15) is 94.5 Å². The van der Waals surface area contributed by atoms with Crippen molar-refractivity contribution in [3.63, 3.8) is 0 Å². The molecule has 3 amide bonds. The summed E-state index contributed by atoms with van der Waals surface area (Å²) in [5.41, 5.74) is 0.912. The van der Waals surface area contributed by atoms with Crippen molar-refractivity contribution in [3.05, 3.63) is 35.4 Å². The highest BCUT2D eigenvalue weighted by molar-refractivity contribution is 6.09. The van der Waals surface area contributed by atoms with Gasteiger partial charge in [-0.25, -0.2) is 0 Å². The minimum Gasteiger partial charge on any atom is -0.315 e. The minimum absolute atomic E-state index is 0.00223. The Balaban J connectivity index is 1.68. The molecule has 4 rings (SSSR count). The molecule has 0 bridgehead atoms. The normalized spacial score (nSPS) is 27.8. The highest BCUT2D eigenvalue weighted by Crippen LogP contribution is 2.46. The highest BCUT2D eigenvalue weighted by Gasteiger charge is 2.57. The van der Waals surface area contributed by atoms with Crippen LogP contribution in [0.25, 0.3) is 0 Å². The molecule has 174 valence electrons. The van der Waals surface area contributed by atoms with E-state index in [-0.39, 0.29) is 35.7 Å². The van der Waals surface area contributed by atoms with E-state index in [9.17, 15) is 14.4 Å². The van der Waals surface area contributed by atoms with Gasteiger partial charge in [-0.1, -0.05) is 57.7 Å². The van der Waals surface area contributed by atoms with Crippen LogP contribution in [0.2, 0.25) is 0 Å². The van der Waals surface area contributed by atoms with E-state index >= 15 is 0 Å². The molecule has 1 aromatic carbocycles. The predicted octanol–water partition coefficient (Wildman–Crippen LogP) is 5.11. The number of imide groups is 1. The van der Waals surface area contributed by atoms with Gasteiger partial charge in [-0.15, -0.1) is 0 Å². The Morgan fingerprint density at radius 1 is 0.938 bits per heavy atom. The molecule has 5 nitrogen and oxygen atoms in total. The summed E-state index contributed by atoms with van der Waals surface area (Å²) in [7, 11) is 0. The van der Waals surface area contributed by atoms with Gasteiger partial charge in [0.15, 0.2) is 0 Å². The third kappa shape index (κ3) is 4.11. The monoisotopic (exact) mass is 438 g/mol. The van der Waals surface area contributed by atoms with Crippen LogP contribution >= 0.6 is 0 Å². The summed E-state index contributed by atoms with van der Waals surface area (Å²) in [6, 6.07) is 7.46. The second-order valence-corrected chi connectivity index (χ2v) is 11.3. The van der Waals surface area contributed by atoms with Gasteiger partial charge in [-0.05, 0) is 68.9 Å². The Hall–Kier alpha value is -2.17. The zero-order chi connectivity index (χ0) is 23.1. The van der Waals surface area contributed by atoms with Gasteiger partial charge in [-0.3, -0.25) is 19.3 Å². The highest BCUT2D eigenvalue weighted by atomic mass is 16.2. The van der Waals surface area contributed by atoms with Gasteiger partial charge in [0.25, 0.3) is 11.8 Å². The molecule has 1 aromatic rings. The Morgan fingerprint density at radius 3 is 2.09 bits per heavy atom. The number of piperazine rings is 1. The van der Waals surface area contributed by atoms with Crippen molar-refractivity contribution in [2.24, 2.45) is 11.3 Å². The predicted molar refractivity (Wildman–Crippen MR) is 125 cm³/mol. The van der Waals surface area contributed by atoms with Crippen LogP contribution in [0.5, 0.6) is 0 Å².